The third-order valence-electron chi connectivity index (χ3n) is 5.42. The fraction of sp³-hybridized carbons (Fsp3) is 0.308. The normalized spacial score (nSPS) is 11.1. The molecule has 4 rings (SSSR count). The van der Waals surface area contributed by atoms with Crippen LogP contribution in [-0.2, 0) is 11.2 Å². The minimum atomic E-state index is -0.605. The van der Waals surface area contributed by atoms with Crippen molar-refractivity contribution in [3.05, 3.63) is 64.0 Å². The first-order valence-corrected chi connectivity index (χ1v) is 11.1. The van der Waals surface area contributed by atoms with Crippen molar-refractivity contribution in [3.63, 3.8) is 0 Å². The highest BCUT2D eigenvalue weighted by Gasteiger charge is 2.18. The van der Waals surface area contributed by atoms with Gasteiger partial charge in [0.1, 0.15) is 16.9 Å². The van der Waals surface area contributed by atoms with E-state index in [4.69, 9.17) is 13.6 Å². The molecule has 170 valence electrons. The number of fused-ring (bicyclic) bond motifs is 1. The molecular weight excluding hydrogens is 420 g/mol. The molecule has 0 aliphatic rings. The van der Waals surface area contributed by atoms with Gasteiger partial charge in [-0.2, -0.15) is 0 Å². The molecule has 0 spiro atoms. The lowest BCUT2D eigenvalue weighted by atomic mass is 10.0. The molecule has 0 bridgehead atoms. The number of unbranched alkanes of at least 4 members (excludes halogenated alkanes) is 3. The summed E-state index contributed by atoms with van der Waals surface area (Å²) in [4.78, 5) is 24.3. The zero-order chi connectivity index (χ0) is 23.4. The molecule has 0 unspecified atom stereocenters. The number of esters is 1. The van der Waals surface area contributed by atoms with E-state index < -0.39 is 11.6 Å². The zero-order valence-electron chi connectivity index (χ0n) is 19.0. The van der Waals surface area contributed by atoms with E-state index in [0.29, 0.717) is 22.6 Å². The van der Waals surface area contributed by atoms with Crippen LogP contribution in [-0.4, -0.2) is 16.2 Å². The van der Waals surface area contributed by atoms with Crippen molar-refractivity contribution in [2.75, 3.05) is 0 Å². The minimum Gasteiger partial charge on any atom is -0.426 e. The number of hydrogen-bond acceptors (Lipinski definition) is 7. The molecule has 0 fully saturated rings. The average molecular weight is 447 g/mol. The number of ether oxygens (including phenoxy) is 1. The van der Waals surface area contributed by atoms with Crippen LogP contribution in [0.3, 0.4) is 0 Å². The SMILES string of the molecule is CCCCCCc1cc2cc(-c3nnc(-c4ccc(C)cc4)o3)c(=O)oc2cc1OC(C)=O. The van der Waals surface area contributed by atoms with Gasteiger partial charge in [0, 0.05) is 23.9 Å². The molecule has 0 N–H and O–H groups in total. The molecule has 0 radical (unpaired) electrons. The van der Waals surface area contributed by atoms with Crippen molar-refractivity contribution in [1.82, 2.24) is 10.2 Å². The predicted molar refractivity (Wildman–Crippen MR) is 125 cm³/mol. The van der Waals surface area contributed by atoms with Gasteiger partial charge >= 0.3 is 11.6 Å². The fourth-order valence-corrected chi connectivity index (χ4v) is 3.68. The van der Waals surface area contributed by atoms with Crippen molar-refractivity contribution >= 4 is 16.9 Å². The summed E-state index contributed by atoms with van der Waals surface area (Å²) in [6, 6.07) is 12.8. The molecule has 0 aliphatic carbocycles. The molecule has 4 aromatic rings. The van der Waals surface area contributed by atoms with Gasteiger partial charge in [0.25, 0.3) is 5.89 Å². The van der Waals surface area contributed by atoms with Gasteiger partial charge in [0.15, 0.2) is 0 Å². The zero-order valence-corrected chi connectivity index (χ0v) is 19.0. The lowest BCUT2D eigenvalue weighted by Gasteiger charge is -2.11. The summed E-state index contributed by atoms with van der Waals surface area (Å²) in [5, 5.41) is 8.83. The molecule has 2 aromatic carbocycles. The van der Waals surface area contributed by atoms with Crippen LogP contribution >= 0.6 is 0 Å². The first kappa shape index (κ1) is 22.5. The summed E-state index contributed by atoms with van der Waals surface area (Å²) < 4.78 is 16.7. The molecule has 0 saturated heterocycles. The van der Waals surface area contributed by atoms with Crippen LogP contribution in [0.25, 0.3) is 33.9 Å². The van der Waals surface area contributed by atoms with Gasteiger partial charge in [-0.3, -0.25) is 4.79 Å². The fourth-order valence-electron chi connectivity index (χ4n) is 3.68. The number of carbonyl (C=O) groups is 1. The van der Waals surface area contributed by atoms with Crippen molar-refractivity contribution < 1.29 is 18.4 Å². The van der Waals surface area contributed by atoms with Gasteiger partial charge in [0.05, 0.1) is 0 Å². The third kappa shape index (κ3) is 5.19. The van der Waals surface area contributed by atoms with E-state index in [9.17, 15) is 9.59 Å². The standard InChI is InChI=1S/C26H26N2O5/c1-4-5-6-7-8-19-13-20-14-21(26(30)32-23(20)15-22(19)31-17(3)29)25-28-27-24(33-25)18-11-9-16(2)10-12-18/h9-15H,4-8H2,1-3H3. The third-order valence-corrected chi connectivity index (χ3v) is 5.42. The Bertz CT molecular complexity index is 1340. The largest absolute Gasteiger partial charge is 0.426 e. The Balaban J connectivity index is 1.71. The highest BCUT2D eigenvalue weighted by Crippen LogP contribution is 2.30. The highest BCUT2D eigenvalue weighted by molar-refractivity contribution is 5.84. The van der Waals surface area contributed by atoms with Gasteiger partial charge in [0.2, 0.25) is 5.89 Å². The van der Waals surface area contributed by atoms with E-state index in [2.05, 4.69) is 17.1 Å². The lowest BCUT2D eigenvalue weighted by Crippen LogP contribution is -2.06. The topological polar surface area (TPSA) is 95.4 Å². The second-order valence-electron chi connectivity index (χ2n) is 8.13. The lowest BCUT2D eigenvalue weighted by molar-refractivity contribution is -0.131. The van der Waals surface area contributed by atoms with Gasteiger partial charge in [-0.15, -0.1) is 10.2 Å². The second kappa shape index (κ2) is 9.81. The Morgan fingerprint density at radius 3 is 2.45 bits per heavy atom. The molecule has 2 heterocycles. The first-order chi connectivity index (χ1) is 15.9. The summed E-state index contributed by atoms with van der Waals surface area (Å²) >= 11 is 0. The van der Waals surface area contributed by atoms with Crippen molar-refractivity contribution in [3.8, 4) is 28.7 Å². The molecule has 0 amide bonds. The summed E-state index contributed by atoms with van der Waals surface area (Å²) in [5.74, 6) is 0.417. The number of hydrogen-bond donors (Lipinski definition) is 0. The number of benzene rings is 2. The van der Waals surface area contributed by atoms with Crippen LogP contribution in [0.1, 0.15) is 50.7 Å². The van der Waals surface area contributed by atoms with E-state index >= 15 is 0 Å². The van der Waals surface area contributed by atoms with E-state index in [0.717, 1.165) is 48.8 Å². The van der Waals surface area contributed by atoms with E-state index in [-0.39, 0.29) is 11.5 Å². The van der Waals surface area contributed by atoms with E-state index in [1.165, 1.54) is 6.92 Å². The maximum absolute atomic E-state index is 12.7. The molecule has 7 heteroatoms. The quantitative estimate of drug-likeness (QED) is 0.145. The van der Waals surface area contributed by atoms with Crippen LogP contribution < -0.4 is 10.4 Å². The number of aryl methyl sites for hydroxylation is 2. The molecular formula is C26H26N2O5. The summed E-state index contributed by atoms with van der Waals surface area (Å²) in [6.07, 6.45) is 5.10. The average Bonchev–Trinajstić information content (AvgIpc) is 3.27. The monoisotopic (exact) mass is 446 g/mol. The molecule has 7 nitrogen and oxygen atoms in total. The maximum atomic E-state index is 12.7. The number of aromatic nitrogens is 2. The van der Waals surface area contributed by atoms with Crippen LogP contribution in [0.4, 0.5) is 0 Å². The number of carbonyl (C=O) groups excluding carboxylic acids is 1. The van der Waals surface area contributed by atoms with Gasteiger partial charge in [-0.1, -0.05) is 43.9 Å². The van der Waals surface area contributed by atoms with E-state index in [1.807, 2.05) is 37.3 Å². The Labute approximate surface area is 191 Å². The minimum absolute atomic E-state index is 0.0924. The second-order valence-corrected chi connectivity index (χ2v) is 8.13. The molecule has 0 saturated carbocycles. The first-order valence-electron chi connectivity index (χ1n) is 11.1. The number of rotatable bonds is 8. The Morgan fingerprint density at radius 1 is 0.970 bits per heavy atom. The van der Waals surface area contributed by atoms with Crippen LogP contribution in [0.5, 0.6) is 5.75 Å². The van der Waals surface area contributed by atoms with Gasteiger partial charge in [-0.25, -0.2) is 4.79 Å². The Kier molecular flexibility index (Phi) is 6.68. The molecule has 33 heavy (non-hydrogen) atoms. The van der Waals surface area contributed by atoms with Crippen molar-refractivity contribution in [1.29, 1.82) is 0 Å². The highest BCUT2D eigenvalue weighted by atomic mass is 16.5. The summed E-state index contributed by atoms with van der Waals surface area (Å²) in [7, 11) is 0. The summed E-state index contributed by atoms with van der Waals surface area (Å²) in [5.41, 5.74) is 2.68. The summed E-state index contributed by atoms with van der Waals surface area (Å²) in [6.45, 7) is 5.51. The van der Waals surface area contributed by atoms with Crippen LogP contribution in [0.2, 0.25) is 0 Å². The van der Waals surface area contributed by atoms with Crippen molar-refractivity contribution in [2.24, 2.45) is 0 Å². The molecule has 0 atom stereocenters. The van der Waals surface area contributed by atoms with Crippen LogP contribution in [0, 0.1) is 6.92 Å². The van der Waals surface area contributed by atoms with Crippen molar-refractivity contribution in [2.45, 2.75) is 52.9 Å². The Morgan fingerprint density at radius 2 is 1.73 bits per heavy atom. The van der Waals surface area contributed by atoms with E-state index in [1.54, 1.807) is 12.1 Å². The maximum Gasteiger partial charge on any atom is 0.349 e. The predicted octanol–water partition coefficient (Wildman–Crippen LogP) is 5.87. The number of nitrogens with zero attached hydrogens (tertiary/aromatic N) is 2. The van der Waals surface area contributed by atoms with Crippen LogP contribution in [0.15, 0.2) is 56.1 Å². The van der Waals surface area contributed by atoms with Gasteiger partial charge in [-0.05, 0) is 49.6 Å². The smallest absolute Gasteiger partial charge is 0.349 e. The van der Waals surface area contributed by atoms with Gasteiger partial charge < -0.3 is 13.6 Å². The Hall–Kier alpha value is -3.74. The molecule has 0 aliphatic heterocycles. The molecule has 2 aromatic heterocycles.